The van der Waals surface area contributed by atoms with Crippen LogP contribution in [0.25, 0.3) is 0 Å². The Balaban J connectivity index is 1.86. The summed E-state index contributed by atoms with van der Waals surface area (Å²) in [5, 5.41) is 16.1. The molecule has 1 aromatic rings. The summed E-state index contributed by atoms with van der Waals surface area (Å²) in [4.78, 5) is 57.9. The number of nitrogens with zero attached hydrogens (tertiary/aromatic N) is 3. The standard InChI is InChI=1S/C24H36N6O5/c1-24(2,3)30(23(34)35)19-14-26-13-11-15-7-9-18(29(15)22(19)33)21(32)28-17(8-10-20(25)31)16-6-4-5-12-27-16/h4-6,12,15,17-19,26H,7-11,13-14H2,1-3H3,(H2,25,31)(H,28,32)(H,34,35)/t15-,17+,18+,19+/m1/s1. The molecule has 11 heteroatoms. The average Bonchev–Trinajstić information content (AvgIpc) is 3.19. The van der Waals surface area contributed by atoms with Crippen LogP contribution in [-0.4, -0.2) is 80.5 Å². The molecule has 35 heavy (non-hydrogen) atoms. The second-order valence-electron chi connectivity index (χ2n) is 10.1. The minimum absolute atomic E-state index is 0.0738. The number of nitrogens with two attached hydrogens (primary N) is 1. The zero-order valence-electron chi connectivity index (χ0n) is 20.6. The summed E-state index contributed by atoms with van der Waals surface area (Å²) in [5.41, 5.74) is 5.12. The molecule has 4 amide bonds. The van der Waals surface area contributed by atoms with Crippen molar-refractivity contribution < 1.29 is 24.3 Å². The molecule has 3 rings (SSSR count). The van der Waals surface area contributed by atoms with Crippen LogP contribution in [0.4, 0.5) is 4.79 Å². The molecule has 4 atom stereocenters. The quantitative estimate of drug-likeness (QED) is 0.446. The van der Waals surface area contributed by atoms with Crippen LogP contribution in [-0.2, 0) is 14.4 Å². The van der Waals surface area contributed by atoms with E-state index in [4.69, 9.17) is 5.73 Å². The lowest BCUT2D eigenvalue weighted by atomic mass is 10.0. The third-order valence-electron chi connectivity index (χ3n) is 6.62. The van der Waals surface area contributed by atoms with Crippen molar-refractivity contribution in [2.75, 3.05) is 13.1 Å². The lowest BCUT2D eigenvalue weighted by molar-refractivity contribution is -0.146. The topological polar surface area (TPSA) is 158 Å². The predicted octanol–water partition coefficient (Wildman–Crippen LogP) is 1.00. The number of carbonyl (C=O) groups is 4. The fourth-order valence-electron chi connectivity index (χ4n) is 5.04. The van der Waals surface area contributed by atoms with Crippen LogP contribution in [0.3, 0.4) is 0 Å². The normalized spacial score (nSPS) is 23.6. The molecule has 0 unspecified atom stereocenters. The first-order chi connectivity index (χ1) is 16.5. The van der Waals surface area contributed by atoms with Gasteiger partial charge in [-0.2, -0.15) is 0 Å². The number of rotatable bonds is 7. The van der Waals surface area contributed by atoms with Gasteiger partial charge in [0.15, 0.2) is 0 Å². The zero-order valence-corrected chi connectivity index (χ0v) is 20.6. The van der Waals surface area contributed by atoms with Crippen molar-refractivity contribution in [1.29, 1.82) is 0 Å². The van der Waals surface area contributed by atoms with Gasteiger partial charge in [-0.1, -0.05) is 6.07 Å². The highest BCUT2D eigenvalue weighted by atomic mass is 16.4. The lowest BCUT2D eigenvalue weighted by Gasteiger charge is -2.43. The summed E-state index contributed by atoms with van der Waals surface area (Å²) in [5.74, 6) is -1.19. The molecular formula is C24H36N6O5. The van der Waals surface area contributed by atoms with Crippen molar-refractivity contribution in [2.24, 2.45) is 5.73 Å². The molecule has 0 saturated carbocycles. The van der Waals surface area contributed by atoms with Crippen LogP contribution in [0.5, 0.6) is 0 Å². The molecule has 0 spiro atoms. The molecule has 2 fully saturated rings. The number of nitrogens with one attached hydrogen (secondary N) is 2. The van der Waals surface area contributed by atoms with Crippen LogP contribution in [0, 0.1) is 0 Å². The fourth-order valence-corrected chi connectivity index (χ4v) is 5.04. The Kier molecular flexibility index (Phi) is 8.31. The zero-order chi connectivity index (χ0) is 25.8. The second-order valence-corrected chi connectivity index (χ2v) is 10.1. The monoisotopic (exact) mass is 488 g/mol. The van der Waals surface area contributed by atoms with E-state index in [2.05, 4.69) is 15.6 Å². The third-order valence-corrected chi connectivity index (χ3v) is 6.62. The molecule has 11 nitrogen and oxygen atoms in total. The molecule has 2 saturated heterocycles. The lowest BCUT2D eigenvalue weighted by Crippen LogP contribution is -2.64. The molecule has 192 valence electrons. The van der Waals surface area contributed by atoms with Crippen LogP contribution in [0.2, 0.25) is 0 Å². The third kappa shape index (κ3) is 6.27. The highest BCUT2D eigenvalue weighted by Crippen LogP contribution is 2.31. The fraction of sp³-hybridized carbons (Fsp3) is 0.625. The van der Waals surface area contributed by atoms with Gasteiger partial charge in [-0.15, -0.1) is 0 Å². The summed E-state index contributed by atoms with van der Waals surface area (Å²) in [7, 11) is 0. The SMILES string of the molecule is CC(C)(C)N(C(=O)O)[C@H]1CNCC[C@H]2CC[C@@H](C(=O)N[C@@H](CCC(N)=O)c3ccccn3)N2C1=O. The van der Waals surface area contributed by atoms with Crippen LogP contribution in [0.1, 0.15) is 64.6 Å². The van der Waals surface area contributed by atoms with E-state index in [1.807, 2.05) is 0 Å². The maximum absolute atomic E-state index is 13.8. The number of hydrogen-bond donors (Lipinski definition) is 4. The first kappa shape index (κ1) is 26.4. The van der Waals surface area contributed by atoms with Gasteiger partial charge in [0.1, 0.15) is 12.1 Å². The van der Waals surface area contributed by atoms with Crippen LogP contribution >= 0.6 is 0 Å². The predicted molar refractivity (Wildman–Crippen MR) is 128 cm³/mol. The van der Waals surface area contributed by atoms with E-state index < -0.39 is 35.7 Å². The van der Waals surface area contributed by atoms with Crippen molar-refractivity contribution in [1.82, 2.24) is 25.4 Å². The highest BCUT2D eigenvalue weighted by molar-refractivity contribution is 5.92. The number of amides is 4. The minimum atomic E-state index is -1.18. The first-order valence-electron chi connectivity index (χ1n) is 12.1. The number of carbonyl (C=O) groups excluding carboxylic acids is 3. The number of carboxylic acid groups (broad SMARTS) is 1. The van der Waals surface area contributed by atoms with E-state index in [-0.39, 0.29) is 37.2 Å². The molecule has 2 aliphatic rings. The van der Waals surface area contributed by atoms with Crippen LogP contribution < -0.4 is 16.4 Å². The Bertz CT molecular complexity index is 934. The van der Waals surface area contributed by atoms with Crippen molar-refractivity contribution in [3.8, 4) is 0 Å². The number of primary amides is 1. The van der Waals surface area contributed by atoms with Crippen molar-refractivity contribution >= 4 is 23.8 Å². The molecule has 0 radical (unpaired) electrons. The van der Waals surface area contributed by atoms with Crippen molar-refractivity contribution in [3.05, 3.63) is 30.1 Å². The summed E-state index contributed by atoms with van der Waals surface area (Å²) < 4.78 is 0. The van der Waals surface area contributed by atoms with Gasteiger partial charge in [0.05, 0.1) is 11.7 Å². The minimum Gasteiger partial charge on any atom is -0.465 e. The van der Waals surface area contributed by atoms with E-state index in [1.165, 1.54) is 4.90 Å². The molecule has 0 aliphatic carbocycles. The first-order valence-corrected chi connectivity index (χ1v) is 12.1. The average molecular weight is 489 g/mol. The molecule has 5 N–H and O–H groups in total. The Morgan fingerprint density at radius 2 is 2.03 bits per heavy atom. The van der Waals surface area contributed by atoms with Gasteiger partial charge in [0, 0.05) is 30.7 Å². The molecule has 1 aromatic heterocycles. The Labute approximate surface area is 205 Å². The highest BCUT2D eigenvalue weighted by Gasteiger charge is 2.47. The van der Waals surface area contributed by atoms with E-state index >= 15 is 0 Å². The van der Waals surface area contributed by atoms with Gasteiger partial charge >= 0.3 is 6.09 Å². The Morgan fingerprint density at radius 3 is 2.63 bits per heavy atom. The van der Waals surface area contributed by atoms with Gasteiger partial charge in [-0.05, 0) is 65.1 Å². The molecule has 3 heterocycles. The summed E-state index contributed by atoms with van der Waals surface area (Å²) in [6.07, 6.45) is 2.58. The van der Waals surface area contributed by atoms with Gasteiger partial charge in [-0.3, -0.25) is 24.3 Å². The van der Waals surface area contributed by atoms with Gasteiger partial charge in [0.2, 0.25) is 17.7 Å². The van der Waals surface area contributed by atoms with Gasteiger partial charge in [-0.25, -0.2) is 4.79 Å². The van der Waals surface area contributed by atoms with Crippen molar-refractivity contribution in [3.63, 3.8) is 0 Å². The number of pyridine rings is 1. The smallest absolute Gasteiger partial charge is 0.408 e. The van der Waals surface area contributed by atoms with E-state index in [0.717, 1.165) is 0 Å². The molecule has 0 aromatic carbocycles. The molecule has 2 aliphatic heterocycles. The molecule has 0 bridgehead atoms. The van der Waals surface area contributed by atoms with E-state index in [9.17, 15) is 24.3 Å². The summed E-state index contributed by atoms with van der Waals surface area (Å²) >= 11 is 0. The van der Waals surface area contributed by atoms with Gasteiger partial charge < -0.3 is 26.4 Å². The summed E-state index contributed by atoms with van der Waals surface area (Å²) in [6.45, 7) is 6.03. The second kappa shape index (κ2) is 11.0. The Morgan fingerprint density at radius 1 is 1.29 bits per heavy atom. The number of aromatic nitrogens is 1. The largest absolute Gasteiger partial charge is 0.465 e. The van der Waals surface area contributed by atoms with Crippen LogP contribution in [0.15, 0.2) is 24.4 Å². The maximum atomic E-state index is 13.8. The Hall–Kier alpha value is -3.21. The van der Waals surface area contributed by atoms with E-state index in [0.29, 0.717) is 31.5 Å². The molecular weight excluding hydrogens is 452 g/mol. The summed E-state index contributed by atoms with van der Waals surface area (Å²) in [6, 6.07) is 2.93. The maximum Gasteiger partial charge on any atom is 0.408 e. The van der Waals surface area contributed by atoms with E-state index in [1.54, 1.807) is 50.1 Å². The van der Waals surface area contributed by atoms with Crippen molar-refractivity contribution in [2.45, 2.75) is 82.6 Å². The number of fused-ring (bicyclic) bond motifs is 1. The van der Waals surface area contributed by atoms with Gasteiger partial charge in [0.25, 0.3) is 0 Å². The number of hydrogen-bond acceptors (Lipinski definition) is 6.